The standard InChI is InChI=1S/C19H18N2O3/c1-2-3-11-20-17(22)13-7-6-8-14(12-13)21-18(23)15-9-4-5-10-16(15)19(21)24/h4-10,12H,2-3,11H2,1H3,(H,20,22). The molecule has 0 atom stereocenters. The summed E-state index contributed by atoms with van der Waals surface area (Å²) in [5.74, 6) is -0.930. The first-order valence-electron chi connectivity index (χ1n) is 7.99. The number of nitrogens with one attached hydrogen (secondary N) is 1. The molecule has 24 heavy (non-hydrogen) atoms. The van der Waals surface area contributed by atoms with Gasteiger partial charge < -0.3 is 5.32 Å². The molecule has 0 saturated heterocycles. The van der Waals surface area contributed by atoms with Gasteiger partial charge in [-0.2, -0.15) is 0 Å². The molecule has 122 valence electrons. The number of anilines is 1. The van der Waals surface area contributed by atoms with Gasteiger partial charge in [0.2, 0.25) is 0 Å². The van der Waals surface area contributed by atoms with Crippen molar-refractivity contribution in [2.24, 2.45) is 0 Å². The molecule has 2 aromatic rings. The predicted octanol–water partition coefficient (Wildman–Crippen LogP) is 3.02. The number of nitrogens with zero attached hydrogens (tertiary/aromatic N) is 1. The quantitative estimate of drug-likeness (QED) is 0.680. The van der Waals surface area contributed by atoms with E-state index in [0.29, 0.717) is 28.9 Å². The molecule has 1 heterocycles. The van der Waals surface area contributed by atoms with Crippen LogP contribution in [0.15, 0.2) is 48.5 Å². The fraction of sp³-hybridized carbons (Fsp3) is 0.211. The number of amides is 3. The van der Waals surface area contributed by atoms with E-state index >= 15 is 0 Å². The summed E-state index contributed by atoms with van der Waals surface area (Å²) in [6.07, 6.45) is 1.90. The third-order valence-electron chi connectivity index (χ3n) is 3.98. The summed E-state index contributed by atoms with van der Waals surface area (Å²) in [6.45, 7) is 2.65. The molecule has 1 N–H and O–H groups in total. The molecule has 5 heteroatoms. The van der Waals surface area contributed by atoms with Crippen molar-refractivity contribution in [3.63, 3.8) is 0 Å². The van der Waals surface area contributed by atoms with Crippen LogP contribution in [0.4, 0.5) is 5.69 Å². The van der Waals surface area contributed by atoms with Crippen molar-refractivity contribution in [1.29, 1.82) is 0 Å². The Labute approximate surface area is 140 Å². The van der Waals surface area contributed by atoms with E-state index in [0.717, 1.165) is 17.7 Å². The van der Waals surface area contributed by atoms with Crippen molar-refractivity contribution >= 4 is 23.4 Å². The smallest absolute Gasteiger partial charge is 0.266 e. The Morgan fingerprint density at radius 1 is 1.00 bits per heavy atom. The van der Waals surface area contributed by atoms with Gasteiger partial charge in [0.05, 0.1) is 16.8 Å². The van der Waals surface area contributed by atoms with Gasteiger partial charge in [0.25, 0.3) is 17.7 Å². The lowest BCUT2D eigenvalue weighted by Gasteiger charge is -2.15. The Bertz CT molecular complexity index is 779. The number of unbranched alkanes of at least 4 members (excludes halogenated alkanes) is 1. The van der Waals surface area contributed by atoms with Crippen LogP contribution in [0.5, 0.6) is 0 Å². The average molecular weight is 322 g/mol. The van der Waals surface area contributed by atoms with Crippen molar-refractivity contribution in [1.82, 2.24) is 5.32 Å². The molecule has 3 rings (SSSR count). The third kappa shape index (κ3) is 2.80. The van der Waals surface area contributed by atoms with E-state index in [1.165, 1.54) is 0 Å². The van der Waals surface area contributed by atoms with Crippen LogP contribution in [0.3, 0.4) is 0 Å². The molecule has 1 aliphatic rings. The topological polar surface area (TPSA) is 66.5 Å². The zero-order valence-corrected chi connectivity index (χ0v) is 13.4. The lowest BCUT2D eigenvalue weighted by atomic mass is 10.1. The Hall–Kier alpha value is -2.95. The third-order valence-corrected chi connectivity index (χ3v) is 3.98. The zero-order valence-electron chi connectivity index (χ0n) is 13.4. The van der Waals surface area contributed by atoms with Gasteiger partial charge in [-0.3, -0.25) is 14.4 Å². The number of carbonyl (C=O) groups is 3. The van der Waals surface area contributed by atoms with Gasteiger partial charge in [-0.1, -0.05) is 31.5 Å². The highest BCUT2D eigenvalue weighted by Gasteiger charge is 2.36. The van der Waals surface area contributed by atoms with Gasteiger partial charge in [-0.15, -0.1) is 0 Å². The van der Waals surface area contributed by atoms with Crippen LogP contribution in [0.2, 0.25) is 0 Å². The monoisotopic (exact) mass is 322 g/mol. The Morgan fingerprint density at radius 2 is 1.67 bits per heavy atom. The van der Waals surface area contributed by atoms with E-state index < -0.39 is 0 Å². The molecule has 5 nitrogen and oxygen atoms in total. The fourth-order valence-corrected chi connectivity index (χ4v) is 2.69. The molecule has 3 amide bonds. The van der Waals surface area contributed by atoms with E-state index in [1.54, 1.807) is 48.5 Å². The summed E-state index contributed by atoms with van der Waals surface area (Å²) in [6, 6.07) is 13.3. The predicted molar refractivity (Wildman–Crippen MR) is 91.3 cm³/mol. The van der Waals surface area contributed by atoms with Crippen LogP contribution in [0.1, 0.15) is 50.8 Å². The highest BCUT2D eigenvalue weighted by molar-refractivity contribution is 6.34. The van der Waals surface area contributed by atoms with Gasteiger partial charge >= 0.3 is 0 Å². The number of hydrogen-bond acceptors (Lipinski definition) is 3. The second kappa shape index (κ2) is 6.66. The number of rotatable bonds is 5. The van der Waals surface area contributed by atoms with Crippen molar-refractivity contribution in [2.45, 2.75) is 19.8 Å². The van der Waals surface area contributed by atoms with Crippen LogP contribution < -0.4 is 10.2 Å². The molecule has 0 radical (unpaired) electrons. The summed E-state index contributed by atoms with van der Waals surface area (Å²) >= 11 is 0. The maximum absolute atomic E-state index is 12.5. The molecule has 0 aromatic heterocycles. The molecular weight excluding hydrogens is 304 g/mol. The van der Waals surface area contributed by atoms with E-state index in [-0.39, 0.29) is 17.7 Å². The first-order chi connectivity index (χ1) is 11.6. The fourth-order valence-electron chi connectivity index (χ4n) is 2.69. The van der Waals surface area contributed by atoms with Gasteiger partial charge in [0.15, 0.2) is 0 Å². The maximum Gasteiger partial charge on any atom is 0.266 e. The summed E-state index contributed by atoms with van der Waals surface area (Å²) < 4.78 is 0. The first-order valence-corrected chi connectivity index (χ1v) is 7.99. The second-order valence-electron chi connectivity index (χ2n) is 5.65. The minimum absolute atomic E-state index is 0.207. The van der Waals surface area contributed by atoms with E-state index in [9.17, 15) is 14.4 Å². The van der Waals surface area contributed by atoms with Crippen LogP contribution in [-0.2, 0) is 0 Å². The van der Waals surface area contributed by atoms with Crippen molar-refractivity contribution < 1.29 is 14.4 Å². The normalized spacial score (nSPS) is 13.1. The number of fused-ring (bicyclic) bond motifs is 1. The second-order valence-corrected chi connectivity index (χ2v) is 5.65. The van der Waals surface area contributed by atoms with E-state index in [1.807, 2.05) is 0 Å². The van der Waals surface area contributed by atoms with Crippen LogP contribution in [-0.4, -0.2) is 24.3 Å². The Morgan fingerprint density at radius 3 is 2.29 bits per heavy atom. The lowest BCUT2D eigenvalue weighted by molar-refractivity contribution is 0.0919. The van der Waals surface area contributed by atoms with Crippen molar-refractivity contribution in [2.75, 3.05) is 11.4 Å². The highest BCUT2D eigenvalue weighted by atomic mass is 16.2. The molecule has 0 spiro atoms. The number of hydrogen-bond donors (Lipinski definition) is 1. The summed E-state index contributed by atoms with van der Waals surface area (Å²) in [4.78, 5) is 38.3. The highest BCUT2D eigenvalue weighted by Crippen LogP contribution is 2.28. The molecule has 0 saturated carbocycles. The van der Waals surface area contributed by atoms with Gasteiger partial charge in [-0.25, -0.2) is 4.90 Å². The average Bonchev–Trinajstić information content (AvgIpc) is 2.86. The number of carbonyl (C=O) groups excluding carboxylic acids is 3. The summed E-state index contributed by atoms with van der Waals surface area (Å²) in [7, 11) is 0. The largest absolute Gasteiger partial charge is 0.352 e. The minimum atomic E-state index is -0.362. The van der Waals surface area contributed by atoms with E-state index in [2.05, 4.69) is 12.2 Å². The molecule has 2 aromatic carbocycles. The molecule has 0 bridgehead atoms. The van der Waals surface area contributed by atoms with Gasteiger partial charge in [0.1, 0.15) is 0 Å². The molecule has 0 aliphatic carbocycles. The van der Waals surface area contributed by atoms with E-state index in [4.69, 9.17) is 0 Å². The first kappa shape index (κ1) is 15.9. The Balaban J connectivity index is 1.86. The van der Waals surface area contributed by atoms with Crippen molar-refractivity contribution in [3.05, 3.63) is 65.2 Å². The van der Waals surface area contributed by atoms with Crippen LogP contribution >= 0.6 is 0 Å². The Kier molecular flexibility index (Phi) is 4.42. The SMILES string of the molecule is CCCCNC(=O)c1cccc(N2C(=O)c3ccccc3C2=O)c1. The van der Waals surface area contributed by atoms with Crippen molar-refractivity contribution in [3.8, 4) is 0 Å². The maximum atomic E-state index is 12.5. The molecule has 1 aliphatic heterocycles. The van der Waals surface area contributed by atoms with Crippen LogP contribution in [0.25, 0.3) is 0 Å². The number of benzene rings is 2. The zero-order chi connectivity index (χ0) is 17.1. The van der Waals surface area contributed by atoms with Crippen LogP contribution in [0, 0.1) is 0 Å². The molecule has 0 unspecified atom stereocenters. The number of imide groups is 1. The minimum Gasteiger partial charge on any atom is -0.352 e. The lowest BCUT2D eigenvalue weighted by Crippen LogP contribution is -2.30. The molecular formula is C19H18N2O3. The summed E-state index contributed by atoms with van der Waals surface area (Å²) in [5, 5.41) is 2.83. The molecule has 0 fully saturated rings. The van der Waals surface area contributed by atoms with Gasteiger partial charge in [-0.05, 0) is 36.8 Å². The van der Waals surface area contributed by atoms with Gasteiger partial charge in [0, 0.05) is 12.1 Å². The summed E-state index contributed by atoms with van der Waals surface area (Å²) in [5.41, 5.74) is 1.62.